The molecule has 3 heterocycles. The lowest BCUT2D eigenvalue weighted by Gasteiger charge is -2.33. The van der Waals surface area contributed by atoms with E-state index < -0.39 is 47.4 Å². The number of imide groups is 2. The third kappa shape index (κ3) is 3.04. The highest BCUT2D eigenvalue weighted by atomic mass is 19.1. The summed E-state index contributed by atoms with van der Waals surface area (Å²) in [6, 6.07) is 1.11. The highest BCUT2D eigenvalue weighted by molar-refractivity contribution is 6.25. The smallest absolute Gasteiger partial charge is 0.308 e. The fourth-order valence-electron chi connectivity index (χ4n) is 4.21. The van der Waals surface area contributed by atoms with Gasteiger partial charge in [-0.15, -0.1) is 0 Å². The maximum Gasteiger partial charge on any atom is 0.308 e. The quantitative estimate of drug-likeness (QED) is 0.706. The summed E-state index contributed by atoms with van der Waals surface area (Å²) in [5, 5.41) is 11.4. The molecule has 0 saturated carbocycles. The van der Waals surface area contributed by atoms with Gasteiger partial charge in [0.1, 0.15) is 11.9 Å². The Morgan fingerprint density at radius 1 is 1.14 bits per heavy atom. The molecule has 29 heavy (non-hydrogen) atoms. The standard InChI is InChI=1S/C19H18FN3O6/c20-11-4-3-10-14(15(11)22-7-1-2-9(8-22)19(28)29)18(27)23(17(10)26)12-5-6-13(24)21-16(12)25/h3-4,9,12H,1-2,5-8H2,(H,28,29)(H,21,24,25). The van der Waals surface area contributed by atoms with Gasteiger partial charge in [0.2, 0.25) is 11.8 Å². The van der Waals surface area contributed by atoms with Crippen LogP contribution in [0.1, 0.15) is 46.4 Å². The molecule has 0 aromatic heterocycles. The van der Waals surface area contributed by atoms with E-state index in [-0.39, 0.29) is 36.2 Å². The van der Waals surface area contributed by atoms with Crippen LogP contribution in [-0.4, -0.2) is 58.7 Å². The van der Waals surface area contributed by atoms with Crippen LogP contribution in [0.3, 0.4) is 0 Å². The van der Waals surface area contributed by atoms with Crippen molar-refractivity contribution in [2.24, 2.45) is 5.92 Å². The molecule has 10 heteroatoms. The zero-order chi connectivity index (χ0) is 20.9. The number of hydrogen-bond donors (Lipinski definition) is 2. The van der Waals surface area contributed by atoms with Crippen LogP contribution < -0.4 is 10.2 Å². The van der Waals surface area contributed by atoms with Crippen molar-refractivity contribution in [3.05, 3.63) is 29.1 Å². The van der Waals surface area contributed by atoms with Crippen LogP contribution >= 0.6 is 0 Å². The van der Waals surface area contributed by atoms with Crippen molar-refractivity contribution in [3.63, 3.8) is 0 Å². The summed E-state index contributed by atoms with van der Waals surface area (Å²) in [5.41, 5.74) is -0.305. The summed E-state index contributed by atoms with van der Waals surface area (Å²) >= 11 is 0. The van der Waals surface area contributed by atoms with Crippen LogP contribution in [0.25, 0.3) is 0 Å². The van der Waals surface area contributed by atoms with Crippen molar-refractivity contribution in [1.82, 2.24) is 10.2 Å². The number of nitrogens with zero attached hydrogens (tertiary/aromatic N) is 2. The second-order valence-corrected chi connectivity index (χ2v) is 7.39. The van der Waals surface area contributed by atoms with E-state index in [0.29, 0.717) is 19.4 Å². The Labute approximate surface area is 164 Å². The Kier molecular flexibility index (Phi) is 4.56. The number of fused-ring (bicyclic) bond motifs is 1. The Morgan fingerprint density at radius 3 is 2.59 bits per heavy atom. The van der Waals surface area contributed by atoms with E-state index in [1.54, 1.807) is 0 Å². The number of halogens is 1. The number of aliphatic carboxylic acids is 1. The Hall–Kier alpha value is -3.30. The molecule has 0 bridgehead atoms. The van der Waals surface area contributed by atoms with E-state index in [9.17, 15) is 33.5 Å². The molecular formula is C19H18FN3O6. The minimum atomic E-state index is -1.15. The molecule has 1 aromatic carbocycles. The average molecular weight is 403 g/mol. The number of amides is 4. The minimum absolute atomic E-state index is 0.00124. The largest absolute Gasteiger partial charge is 0.481 e. The third-order valence-electron chi connectivity index (χ3n) is 5.62. The summed E-state index contributed by atoms with van der Waals surface area (Å²) in [7, 11) is 0. The van der Waals surface area contributed by atoms with Gasteiger partial charge in [-0.25, -0.2) is 4.39 Å². The summed E-state index contributed by atoms with van der Waals surface area (Å²) in [5.74, 6) is -5.22. The molecule has 2 unspecified atom stereocenters. The SMILES string of the molecule is O=C1CCC(N2C(=O)c3ccc(F)c(N4CCCC(C(=O)O)C4)c3C2=O)C(=O)N1. The van der Waals surface area contributed by atoms with Gasteiger partial charge >= 0.3 is 5.97 Å². The Morgan fingerprint density at radius 2 is 1.90 bits per heavy atom. The van der Waals surface area contributed by atoms with E-state index in [4.69, 9.17) is 0 Å². The molecule has 2 N–H and O–H groups in total. The van der Waals surface area contributed by atoms with Crippen LogP contribution in [0.4, 0.5) is 10.1 Å². The van der Waals surface area contributed by atoms with Gasteiger partial charge in [0.15, 0.2) is 0 Å². The van der Waals surface area contributed by atoms with Crippen molar-refractivity contribution in [2.45, 2.75) is 31.7 Å². The van der Waals surface area contributed by atoms with Gasteiger partial charge < -0.3 is 10.0 Å². The zero-order valence-corrected chi connectivity index (χ0v) is 15.3. The zero-order valence-electron chi connectivity index (χ0n) is 15.3. The predicted molar refractivity (Wildman–Crippen MR) is 95.6 cm³/mol. The van der Waals surface area contributed by atoms with E-state index in [0.717, 1.165) is 11.0 Å². The molecule has 1 aromatic rings. The number of piperidine rings is 2. The fourth-order valence-corrected chi connectivity index (χ4v) is 4.21. The van der Waals surface area contributed by atoms with Gasteiger partial charge in [-0.3, -0.25) is 34.2 Å². The number of carboxylic acid groups (broad SMARTS) is 1. The molecule has 3 aliphatic rings. The second-order valence-electron chi connectivity index (χ2n) is 7.39. The number of carbonyl (C=O) groups excluding carboxylic acids is 4. The highest BCUT2D eigenvalue weighted by Crippen LogP contribution is 2.37. The summed E-state index contributed by atoms with van der Waals surface area (Å²) in [4.78, 5) is 63.1. The summed E-state index contributed by atoms with van der Waals surface area (Å²) in [6.07, 6.45) is 0.924. The molecular weight excluding hydrogens is 385 g/mol. The number of rotatable bonds is 3. The first-order valence-corrected chi connectivity index (χ1v) is 9.31. The maximum absolute atomic E-state index is 14.8. The van der Waals surface area contributed by atoms with Crippen molar-refractivity contribution >= 4 is 35.3 Å². The van der Waals surface area contributed by atoms with Crippen LogP contribution in [0.15, 0.2) is 12.1 Å². The van der Waals surface area contributed by atoms with Crippen LogP contribution in [0.2, 0.25) is 0 Å². The lowest BCUT2D eigenvalue weighted by molar-refractivity contribution is -0.142. The molecule has 4 amide bonds. The van der Waals surface area contributed by atoms with Gasteiger partial charge in [0.25, 0.3) is 11.8 Å². The molecule has 9 nitrogen and oxygen atoms in total. The minimum Gasteiger partial charge on any atom is -0.481 e. The molecule has 0 aliphatic carbocycles. The normalized spacial score (nSPS) is 24.6. The number of nitrogens with one attached hydrogen (secondary N) is 1. The van der Waals surface area contributed by atoms with Crippen LogP contribution in [0, 0.1) is 11.7 Å². The van der Waals surface area contributed by atoms with Gasteiger partial charge in [0, 0.05) is 19.5 Å². The van der Waals surface area contributed by atoms with Gasteiger partial charge in [-0.2, -0.15) is 0 Å². The number of carbonyl (C=O) groups is 5. The maximum atomic E-state index is 14.8. The molecule has 3 aliphatic heterocycles. The van der Waals surface area contributed by atoms with Gasteiger partial charge in [0.05, 0.1) is 22.7 Å². The number of benzene rings is 1. The lowest BCUT2D eigenvalue weighted by Crippen LogP contribution is -2.54. The number of hydrogen-bond acceptors (Lipinski definition) is 6. The van der Waals surface area contributed by atoms with Crippen molar-refractivity contribution < 1.29 is 33.5 Å². The van der Waals surface area contributed by atoms with Gasteiger partial charge in [-0.1, -0.05) is 0 Å². The lowest BCUT2D eigenvalue weighted by atomic mass is 9.96. The number of carboxylic acids is 1. The molecule has 0 radical (unpaired) electrons. The second kappa shape index (κ2) is 6.94. The first kappa shape index (κ1) is 19.0. The van der Waals surface area contributed by atoms with E-state index in [2.05, 4.69) is 5.32 Å². The Bertz CT molecular complexity index is 962. The molecule has 2 saturated heterocycles. The van der Waals surface area contributed by atoms with Gasteiger partial charge in [-0.05, 0) is 31.4 Å². The van der Waals surface area contributed by atoms with E-state index in [1.165, 1.54) is 11.0 Å². The molecule has 4 rings (SSSR count). The van der Waals surface area contributed by atoms with E-state index in [1.807, 2.05) is 0 Å². The number of anilines is 1. The molecule has 2 atom stereocenters. The summed E-state index contributed by atoms with van der Waals surface area (Å²) < 4.78 is 14.8. The predicted octanol–water partition coefficient (Wildman–Crippen LogP) is 0.528. The van der Waals surface area contributed by atoms with E-state index >= 15 is 0 Å². The first-order valence-electron chi connectivity index (χ1n) is 9.31. The highest BCUT2D eigenvalue weighted by Gasteiger charge is 2.47. The molecule has 2 fully saturated rings. The average Bonchev–Trinajstić information content (AvgIpc) is 2.93. The topological polar surface area (TPSA) is 124 Å². The van der Waals surface area contributed by atoms with Crippen LogP contribution in [-0.2, 0) is 14.4 Å². The van der Waals surface area contributed by atoms with Crippen molar-refractivity contribution in [1.29, 1.82) is 0 Å². The summed E-state index contributed by atoms with van der Waals surface area (Å²) in [6.45, 7) is 0.361. The molecule has 152 valence electrons. The Balaban J connectivity index is 1.72. The fraction of sp³-hybridized carbons (Fsp3) is 0.421. The van der Waals surface area contributed by atoms with Crippen molar-refractivity contribution in [2.75, 3.05) is 18.0 Å². The third-order valence-corrected chi connectivity index (χ3v) is 5.62. The first-order chi connectivity index (χ1) is 13.8. The van der Waals surface area contributed by atoms with Crippen LogP contribution in [0.5, 0.6) is 0 Å². The monoisotopic (exact) mass is 403 g/mol. The molecule has 0 spiro atoms. The van der Waals surface area contributed by atoms with Crippen molar-refractivity contribution in [3.8, 4) is 0 Å².